The Bertz CT molecular complexity index is 1430. The third-order valence-corrected chi connectivity index (χ3v) is 7.98. The lowest BCUT2D eigenvalue weighted by Crippen LogP contribution is -2.37. The van der Waals surface area contributed by atoms with E-state index in [2.05, 4.69) is 25.8 Å². The summed E-state index contributed by atoms with van der Waals surface area (Å²) in [6.45, 7) is 5.17. The lowest BCUT2D eigenvalue weighted by Gasteiger charge is -2.26. The first-order valence-corrected chi connectivity index (χ1v) is 13.7. The SMILES string of the molecule is O=C(Nc1ccc(-c2nc(NCCCN3CCOCC3)c3sc(Cl)c(Cl)c3n2)cc1)Nc1ccccc1F. The van der Waals surface area contributed by atoms with E-state index in [0.29, 0.717) is 32.2 Å². The number of fused-ring (bicyclic) bond motifs is 1. The minimum absolute atomic E-state index is 0.0969. The van der Waals surface area contributed by atoms with Crippen LogP contribution >= 0.6 is 34.5 Å². The molecule has 2 amide bonds. The molecule has 0 aliphatic carbocycles. The maximum absolute atomic E-state index is 13.8. The Labute approximate surface area is 233 Å². The highest BCUT2D eigenvalue weighted by atomic mass is 35.5. The molecule has 1 aliphatic rings. The van der Waals surface area contributed by atoms with Gasteiger partial charge in [-0.25, -0.2) is 19.2 Å². The van der Waals surface area contributed by atoms with E-state index >= 15 is 0 Å². The van der Waals surface area contributed by atoms with Crippen LogP contribution in [0.1, 0.15) is 6.42 Å². The molecule has 0 spiro atoms. The Morgan fingerprint density at radius 2 is 1.82 bits per heavy atom. The van der Waals surface area contributed by atoms with E-state index in [0.717, 1.165) is 56.1 Å². The predicted octanol–water partition coefficient (Wildman–Crippen LogP) is 6.58. The van der Waals surface area contributed by atoms with Crippen molar-refractivity contribution < 1.29 is 13.9 Å². The summed E-state index contributed by atoms with van der Waals surface area (Å²) in [7, 11) is 0. The first-order valence-electron chi connectivity index (χ1n) is 12.1. The third kappa shape index (κ3) is 6.33. The fraction of sp³-hybridized carbons (Fsp3) is 0.269. The van der Waals surface area contributed by atoms with Gasteiger partial charge in [0.2, 0.25) is 0 Å². The molecule has 0 bridgehead atoms. The van der Waals surface area contributed by atoms with E-state index < -0.39 is 11.8 Å². The number of urea groups is 1. The number of amides is 2. The number of carbonyl (C=O) groups is 1. The van der Waals surface area contributed by atoms with E-state index in [1.165, 1.54) is 23.5 Å². The number of carbonyl (C=O) groups excluding carboxylic acids is 1. The van der Waals surface area contributed by atoms with E-state index in [-0.39, 0.29) is 5.69 Å². The minimum atomic E-state index is -0.552. The summed E-state index contributed by atoms with van der Waals surface area (Å²) in [5.74, 6) is 0.646. The second-order valence-corrected chi connectivity index (χ2v) is 10.6. The Morgan fingerprint density at radius 1 is 1.05 bits per heavy atom. The van der Waals surface area contributed by atoms with Gasteiger partial charge in [0.1, 0.15) is 21.5 Å². The zero-order chi connectivity index (χ0) is 26.5. The van der Waals surface area contributed by atoms with Crippen LogP contribution in [-0.2, 0) is 4.74 Å². The summed E-state index contributed by atoms with van der Waals surface area (Å²) in [6.07, 6.45) is 0.947. The maximum Gasteiger partial charge on any atom is 0.323 e. The summed E-state index contributed by atoms with van der Waals surface area (Å²) in [5, 5.41) is 9.01. The number of hydrogen-bond donors (Lipinski definition) is 3. The van der Waals surface area contributed by atoms with Gasteiger partial charge in [-0.3, -0.25) is 4.90 Å². The number of anilines is 3. The first kappa shape index (κ1) is 26.6. The zero-order valence-electron chi connectivity index (χ0n) is 20.3. The molecule has 1 saturated heterocycles. The number of thiophene rings is 1. The number of morpholine rings is 1. The van der Waals surface area contributed by atoms with E-state index in [1.54, 1.807) is 36.4 Å². The van der Waals surface area contributed by atoms with E-state index in [1.807, 2.05) is 0 Å². The third-order valence-electron chi connectivity index (χ3n) is 6.01. The lowest BCUT2D eigenvalue weighted by atomic mass is 10.2. The van der Waals surface area contributed by atoms with Gasteiger partial charge in [0.15, 0.2) is 5.82 Å². The van der Waals surface area contributed by atoms with Crippen molar-refractivity contribution in [3.63, 3.8) is 0 Å². The molecule has 0 unspecified atom stereocenters. The van der Waals surface area contributed by atoms with Crippen molar-refractivity contribution in [2.45, 2.75) is 6.42 Å². The number of nitrogens with zero attached hydrogens (tertiary/aromatic N) is 3. The average Bonchev–Trinajstić information content (AvgIpc) is 3.22. The number of benzene rings is 2. The smallest absolute Gasteiger partial charge is 0.323 e. The van der Waals surface area contributed by atoms with Gasteiger partial charge in [-0.05, 0) is 49.4 Å². The maximum atomic E-state index is 13.8. The second kappa shape index (κ2) is 12.2. The van der Waals surface area contributed by atoms with Gasteiger partial charge in [-0.2, -0.15) is 0 Å². The summed E-state index contributed by atoms with van der Waals surface area (Å²) in [4.78, 5) is 24.1. The highest BCUT2D eigenvalue weighted by Crippen LogP contribution is 2.41. The molecule has 5 rings (SSSR count). The number of rotatable bonds is 8. The van der Waals surface area contributed by atoms with Gasteiger partial charge in [0, 0.05) is 30.9 Å². The van der Waals surface area contributed by atoms with Crippen LogP contribution in [0.5, 0.6) is 0 Å². The highest BCUT2D eigenvalue weighted by molar-refractivity contribution is 7.24. The molecule has 3 heterocycles. The van der Waals surface area contributed by atoms with E-state index in [9.17, 15) is 9.18 Å². The molecule has 1 aliphatic heterocycles. The van der Waals surface area contributed by atoms with Gasteiger partial charge in [0.05, 0.1) is 28.6 Å². The van der Waals surface area contributed by atoms with Crippen molar-refractivity contribution in [3.05, 3.63) is 63.7 Å². The van der Waals surface area contributed by atoms with Crippen LogP contribution < -0.4 is 16.0 Å². The molecule has 0 radical (unpaired) electrons. The van der Waals surface area contributed by atoms with Crippen LogP contribution in [0, 0.1) is 5.82 Å². The Hall–Kier alpha value is -3.02. The van der Waals surface area contributed by atoms with Crippen molar-refractivity contribution in [2.24, 2.45) is 0 Å². The monoisotopic (exact) mass is 574 g/mol. The highest BCUT2D eigenvalue weighted by Gasteiger charge is 2.18. The van der Waals surface area contributed by atoms with E-state index in [4.69, 9.17) is 32.9 Å². The van der Waals surface area contributed by atoms with Gasteiger partial charge < -0.3 is 20.7 Å². The average molecular weight is 575 g/mol. The van der Waals surface area contributed by atoms with Crippen LogP contribution in [0.4, 0.5) is 26.4 Å². The molecule has 2 aromatic heterocycles. The first-order chi connectivity index (χ1) is 18.5. The fourth-order valence-electron chi connectivity index (χ4n) is 4.06. The summed E-state index contributed by atoms with van der Waals surface area (Å²) >= 11 is 14.1. The van der Waals surface area contributed by atoms with Crippen molar-refractivity contribution >= 4 is 68.0 Å². The van der Waals surface area contributed by atoms with Crippen LogP contribution in [0.25, 0.3) is 21.6 Å². The Morgan fingerprint density at radius 3 is 2.58 bits per heavy atom. The van der Waals surface area contributed by atoms with Crippen LogP contribution in [-0.4, -0.2) is 60.3 Å². The van der Waals surface area contributed by atoms with Crippen LogP contribution in [0.15, 0.2) is 48.5 Å². The topological polar surface area (TPSA) is 91.4 Å². The second-order valence-electron chi connectivity index (χ2n) is 8.63. The van der Waals surface area contributed by atoms with Crippen LogP contribution in [0.3, 0.4) is 0 Å². The molecule has 198 valence electrons. The molecule has 38 heavy (non-hydrogen) atoms. The van der Waals surface area contributed by atoms with Crippen molar-refractivity contribution in [1.29, 1.82) is 0 Å². The van der Waals surface area contributed by atoms with Crippen molar-refractivity contribution in [2.75, 3.05) is 55.3 Å². The number of nitrogens with one attached hydrogen (secondary N) is 3. The molecule has 1 fully saturated rings. The predicted molar refractivity (Wildman–Crippen MR) is 152 cm³/mol. The summed E-state index contributed by atoms with van der Waals surface area (Å²) in [6, 6.07) is 12.5. The molecule has 0 atom stereocenters. The largest absolute Gasteiger partial charge is 0.379 e. The zero-order valence-corrected chi connectivity index (χ0v) is 22.6. The minimum Gasteiger partial charge on any atom is -0.379 e. The van der Waals surface area contributed by atoms with Gasteiger partial charge in [0.25, 0.3) is 0 Å². The van der Waals surface area contributed by atoms with Crippen LogP contribution in [0.2, 0.25) is 9.36 Å². The number of aromatic nitrogens is 2. The number of halogens is 3. The van der Waals surface area contributed by atoms with Gasteiger partial charge in [-0.1, -0.05) is 35.3 Å². The quantitative estimate of drug-likeness (QED) is 0.206. The molecule has 0 saturated carbocycles. The fourth-order valence-corrected chi connectivity index (χ4v) is 5.51. The standard InChI is InChI=1S/C26H25Cl2FN6O2S/c27-20-21-22(38-23(20)28)25(30-10-3-11-35-12-14-37-15-13-35)34-24(33-21)16-6-8-17(9-7-16)31-26(36)32-19-5-2-1-4-18(19)29/h1-2,4-9H,3,10-15H2,(H,30,33,34)(H2,31,32,36). The molecule has 8 nitrogen and oxygen atoms in total. The molecule has 2 aromatic carbocycles. The number of ether oxygens (including phenoxy) is 1. The lowest BCUT2D eigenvalue weighted by molar-refractivity contribution is 0.0378. The molecule has 4 aromatic rings. The van der Waals surface area contributed by atoms with Crippen molar-refractivity contribution in [3.8, 4) is 11.4 Å². The summed E-state index contributed by atoms with van der Waals surface area (Å²) < 4.78 is 20.5. The molecule has 3 N–H and O–H groups in total. The molecule has 12 heteroatoms. The van der Waals surface area contributed by atoms with Crippen molar-refractivity contribution in [1.82, 2.24) is 14.9 Å². The molecular formula is C26H25Cl2FN6O2S. The number of para-hydroxylation sites is 1. The number of hydrogen-bond acceptors (Lipinski definition) is 7. The van der Waals surface area contributed by atoms with Gasteiger partial charge >= 0.3 is 6.03 Å². The normalized spacial score (nSPS) is 14.0. The Balaban J connectivity index is 1.29. The van der Waals surface area contributed by atoms with Gasteiger partial charge in [-0.15, -0.1) is 11.3 Å². The summed E-state index contributed by atoms with van der Waals surface area (Å²) in [5.41, 5.74) is 1.96. The Kier molecular flexibility index (Phi) is 8.55. The molecular weight excluding hydrogens is 550 g/mol.